The molecule has 1 aliphatic rings. The van der Waals surface area contributed by atoms with Gasteiger partial charge in [-0.15, -0.1) is 0 Å². The number of hydrogen-bond acceptors (Lipinski definition) is 3. The summed E-state index contributed by atoms with van der Waals surface area (Å²) in [5, 5.41) is 6.31. The summed E-state index contributed by atoms with van der Waals surface area (Å²) in [5.74, 6) is -0.0783. The smallest absolute Gasteiger partial charge is 0.255 e. The van der Waals surface area contributed by atoms with Crippen LogP contribution in [0, 0.1) is 5.41 Å². The van der Waals surface area contributed by atoms with Crippen LogP contribution >= 0.6 is 15.9 Å². The predicted octanol–water partition coefficient (Wildman–Crippen LogP) is 2.16. The number of amides is 1. The van der Waals surface area contributed by atoms with Gasteiger partial charge in [-0.25, -0.2) is 0 Å². The average Bonchev–Trinajstić information content (AvgIpc) is 2.74. The first-order valence-electron chi connectivity index (χ1n) is 5.83. The third-order valence-corrected chi connectivity index (χ3v) is 3.96. The van der Waals surface area contributed by atoms with E-state index in [4.69, 9.17) is 4.42 Å². The maximum atomic E-state index is 11.9. The highest BCUT2D eigenvalue weighted by Crippen LogP contribution is 2.27. The molecule has 5 heteroatoms. The molecule has 2 heterocycles. The Labute approximate surface area is 109 Å². The van der Waals surface area contributed by atoms with E-state index in [1.165, 1.54) is 6.26 Å². The number of nitrogens with one attached hydrogen (secondary N) is 2. The number of halogens is 1. The van der Waals surface area contributed by atoms with Crippen molar-refractivity contribution in [2.75, 3.05) is 19.6 Å². The van der Waals surface area contributed by atoms with Gasteiger partial charge in [0.25, 0.3) is 5.91 Å². The Morgan fingerprint density at radius 3 is 2.88 bits per heavy atom. The molecular weight excluding hydrogens is 284 g/mol. The quantitative estimate of drug-likeness (QED) is 0.899. The lowest BCUT2D eigenvalue weighted by molar-refractivity contribution is 0.0920. The van der Waals surface area contributed by atoms with Crippen molar-refractivity contribution < 1.29 is 9.21 Å². The molecular formula is C12H17BrN2O2. The number of rotatable bonds is 3. The molecule has 0 aliphatic carbocycles. The molecule has 1 amide bonds. The summed E-state index contributed by atoms with van der Waals surface area (Å²) in [6.07, 6.45) is 3.70. The van der Waals surface area contributed by atoms with Gasteiger partial charge < -0.3 is 15.1 Å². The molecule has 1 saturated heterocycles. The van der Waals surface area contributed by atoms with Crippen LogP contribution < -0.4 is 10.6 Å². The molecule has 0 saturated carbocycles. The van der Waals surface area contributed by atoms with E-state index in [1.54, 1.807) is 6.07 Å². The molecule has 1 fully saturated rings. The van der Waals surface area contributed by atoms with Crippen LogP contribution in [-0.2, 0) is 0 Å². The molecule has 0 unspecified atom stereocenters. The first-order chi connectivity index (χ1) is 8.11. The van der Waals surface area contributed by atoms with E-state index < -0.39 is 0 Å². The fourth-order valence-corrected chi connectivity index (χ4v) is 2.47. The van der Waals surface area contributed by atoms with Gasteiger partial charge in [0.05, 0.1) is 11.8 Å². The van der Waals surface area contributed by atoms with Crippen LogP contribution in [0.15, 0.2) is 21.4 Å². The van der Waals surface area contributed by atoms with Crippen molar-refractivity contribution in [2.45, 2.75) is 19.8 Å². The third kappa shape index (κ3) is 3.10. The van der Waals surface area contributed by atoms with Gasteiger partial charge in [-0.3, -0.25) is 4.79 Å². The Morgan fingerprint density at radius 2 is 2.29 bits per heavy atom. The highest BCUT2D eigenvalue weighted by Gasteiger charge is 2.27. The molecule has 2 rings (SSSR count). The molecule has 1 aliphatic heterocycles. The molecule has 0 radical (unpaired) electrons. The van der Waals surface area contributed by atoms with Crippen molar-refractivity contribution in [1.29, 1.82) is 0 Å². The van der Waals surface area contributed by atoms with E-state index >= 15 is 0 Å². The second-order valence-electron chi connectivity index (χ2n) is 4.85. The lowest BCUT2D eigenvalue weighted by Gasteiger charge is -2.34. The van der Waals surface area contributed by atoms with E-state index in [-0.39, 0.29) is 11.3 Å². The highest BCUT2D eigenvalue weighted by atomic mass is 79.9. The molecule has 1 aromatic heterocycles. The Balaban J connectivity index is 1.90. The Morgan fingerprint density at radius 1 is 1.59 bits per heavy atom. The number of piperidine rings is 1. The second-order valence-corrected chi connectivity index (χ2v) is 5.57. The fraction of sp³-hybridized carbons (Fsp3) is 0.583. The van der Waals surface area contributed by atoms with E-state index in [1.807, 2.05) is 0 Å². The minimum atomic E-state index is -0.0783. The predicted molar refractivity (Wildman–Crippen MR) is 69.0 cm³/mol. The summed E-state index contributed by atoms with van der Waals surface area (Å²) in [7, 11) is 0. The fourth-order valence-electron chi connectivity index (χ4n) is 2.05. The van der Waals surface area contributed by atoms with Crippen LogP contribution in [0.2, 0.25) is 0 Å². The molecule has 17 heavy (non-hydrogen) atoms. The number of hydrogen-bond donors (Lipinski definition) is 2. The molecule has 0 spiro atoms. The van der Waals surface area contributed by atoms with Gasteiger partial charge in [-0.05, 0) is 53.3 Å². The summed E-state index contributed by atoms with van der Waals surface area (Å²) in [4.78, 5) is 11.9. The van der Waals surface area contributed by atoms with Crippen LogP contribution in [0.25, 0.3) is 0 Å². The van der Waals surface area contributed by atoms with E-state index in [0.29, 0.717) is 16.8 Å². The lowest BCUT2D eigenvalue weighted by Crippen LogP contribution is -2.42. The zero-order valence-electron chi connectivity index (χ0n) is 9.88. The van der Waals surface area contributed by atoms with Gasteiger partial charge in [-0.1, -0.05) is 6.92 Å². The normalized spacial score (nSPS) is 18.9. The largest absolute Gasteiger partial charge is 0.457 e. The van der Waals surface area contributed by atoms with Gasteiger partial charge in [0.2, 0.25) is 0 Å². The topological polar surface area (TPSA) is 54.3 Å². The SMILES string of the molecule is CC1(CNC(=O)c2ccoc2Br)CCNCC1. The standard InChI is InChI=1S/C12H17BrN2O2/c1-12(3-5-14-6-4-12)8-15-11(16)9-2-7-17-10(9)13/h2,7,14H,3-6,8H2,1H3,(H,15,16). The van der Waals surface area contributed by atoms with Crippen LogP contribution in [-0.4, -0.2) is 25.5 Å². The molecule has 4 nitrogen and oxygen atoms in total. The number of carbonyl (C=O) groups excluding carboxylic acids is 1. The van der Waals surface area contributed by atoms with Gasteiger partial charge in [0.1, 0.15) is 0 Å². The van der Waals surface area contributed by atoms with Crippen molar-refractivity contribution in [2.24, 2.45) is 5.41 Å². The summed E-state index contributed by atoms with van der Waals surface area (Å²) in [6, 6.07) is 1.67. The number of furan rings is 1. The van der Waals surface area contributed by atoms with E-state index in [9.17, 15) is 4.79 Å². The second kappa shape index (κ2) is 5.23. The molecule has 2 N–H and O–H groups in total. The van der Waals surface area contributed by atoms with Crippen molar-refractivity contribution in [3.63, 3.8) is 0 Å². The summed E-state index contributed by atoms with van der Waals surface area (Å²) in [6.45, 7) is 4.99. The van der Waals surface area contributed by atoms with Crippen molar-refractivity contribution in [1.82, 2.24) is 10.6 Å². The Kier molecular flexibility index (Phi) is 3.89. The first-order valence-corrected chi connectivity index (χ1v) is 6.62. The van der Waals surface area contributed by atoms with Gasteiger partial charge >= 0.3 is 0 Å². The molecule has 94 valence electrons. The van der Waals surface area contributed by atoms with Crippen molar-refractivity contribution >= 4 is 21.8 Å². The third-order valence-electron chi connectivity index (χ3n) is 3.35. The average molecular weight is 301 g/mol. The van der Waals surface area contributed by atoms with Crippen molar-refractivity contribution in [3.05, 3.63) is 22.6 Å². The maximum absolute atomic E-state index is 11.9. The minimum Gasteiger partial charge on any atom is -0.457 e. The van der Waals surface area contributed by atoms with Crippen LogP contribution in [0.5, 0.6) is 0 Å². The molecule has 1 aromatic rings. The van der Waals surface area contributed by atoms with E-state index in [0.717, 1.165) is 25.9 Å². The summed E-state index contributed by atoms with van der Waals surface area (Å²) < 4.78 is 5.54. The monoisotopic (exact) mass is 300 g/mol. The van der Waals surface area contributed by atoms with Gasteiger partial charge in [0.15, 0.2) is 4.67 Å². The van der Waals surface area contributed by atoms with Crippen LogP contribution in [0.4, 0.5) is 0 Å². The zero-order chi connectivity index (χ0) is 12.3. The Bertz CT molecular complexity index is 397. The van der Waals surface area contributed by atoms with E-state index in [2.05, 4.69) is 33.5 Å². The number of carbonyl (C=O) groups is 1. The van der Waals surface area contributed by atoms with Crippen molar-refractivity contribution in [3.8, 4) is 0 Å². The van der Waals surface area contributed by atoms with Crippen LogP contribution in [0.1, 0.15) is 30.1 Å². The van der Waals surface area contributed by atoms with Crippen LogP contribution in [0.3, 0.4) is 0 Å². The molecule has 0 aromatic carbocycles. The highest BCUT2D eigenvalue weighted by molar-refractivity contribution is 9.10. The summed E-state index contributed by atoms with van der Waals surface area (Å²) >= 11 is 3.21. The van der Waals surface area contributed by atoms with Gasteiger partial charge in [-0.2, -0.15) is 0 Å². The zero-order valence-corrected chi connectivity index (χ0v) is 11.5. The van der Waals surface area contributed by atoms with Gasteiger partial charge in [0, 0.05) is 6.54 Å². The summed E-state index contributed by atoms with van der Waals surface area (Å²) in [5.41, 5.74) is 0.763. The lowest BCUT2D eigenvalue weighted by atomic mass is 9.81. The minimum absolute atomic E-state index is 0.0783. The molecule has 0 atom stereocenters. The first kappa shape index (κ1) is 12.6. The Hall–Kier alpha value is -0.810. The maximum Gasteiger partial charge on any atom is 0.255 e. The molecule has 0 bridgehead atoms.